The van der Waals surface area contributed by atoms with Crippen LogP contribution in [0.15, 0.2) is 42.5 Å². The van der Waals surface area contributed by atoms with E-state index in [9.17, 15) is 18.7 Å². The number of anilines is 1. The maximum absolute atomic E-state index is 13.1. The van der Waals surface area contributed by atoms with Gasteiger partial charge in [0.05, 0.1) is 6.10 Å². The summed E-state index contributed by atoms with van der Waals surface area (Å²) in [6.45, 7) is 1.89. The Morgan fingerprint density at radius 2 is 1.96 bits per heavy atom. The van der Waals surface area contributed by atoms with E-state index >= 15 is 0 Å². The average Bonchev–Trinajstić information content (AvgIpc) is 2.55. The van der Waals surface area contributed by atoms with E-state index in [4.69, 9.17) is 0 Å². The summed E-state index contributed by atoms with van der Waals surface area (Å²) in [7, 11) is 0. The van der Waals surface area contributed by atoms with Gasteiger partial charge < -0.3 is 15.7 Å². The van der Waals surface area contributed by atoms with Crippen molar-refractivity contribution in [2.45, 2.75) is 19.4 Å². The molecule has 3 N–H and O–H groups in total. The number of aryl methyl sites for hydroxylation is 1. The van der Waals surface area contributed by atoms with Crippen LogP contribution in [0.25, 0.3) is 0 Å². The van der Waals surface area contributed by atoms with E-state index in [2.05, 4.69) is 10.6 Å². The third-order valence-electron chi connectivity index (χ3n) is 3.38. The molecule has 2 rings (SSSR count). The molecule has 0 aliphatic heterocycles. The lowest BCUT2D eigenvalue weighted by molar-refractivity contribution is 0.174. The van der Waals surface area contributed by atoms with Crippen molar-refractivity contribution in [3.8, 4) is 0 Å². The predicted molar refractivity (Wildman–Crippen MR) is 84.2 cm³/mol. The first kappa shape index (κ1) is 16.9. The van der Waals surface area contributed by atoms with Gasteiger partial charge in [0.1, 0.15) is 0 Å². The molecule has 0 unspecified atom stereocenters. The number of rotatable bonds is 5. The van der Waals surface area contributed by atoms with Crippen molar-refractivity contribution in [3.05, 3.63) is 65.2 Å². The first-order chi connectivity index (χ1) is 11.0. The van der Waals surface area contributed by atoms with Crippen LogP contribution in [0.4, 0.5) is 19.3 Å². The summed E-state index contributed by atoms with van der Waals surface area (Å²) < 4.78 is 26.0. The molecular weight excluding hydrogens is 302 g/mol. The summed E-state index contributed by atoms with van der Waals surface area (Å²) in [5.41, 5.74) is 1.92. The van der Waals surface area contributed by atoms with E-state index < -0.39 is 23.8 Å². The molecule has 4 nitrogen and oxygen atoms in total. The lowest BCUT2D eigenvalue weighted by Crippen LogP contribution is -2.32. The summed E-state index contributed by atoms with van der Waals surface area (Å²) >= 11 is 0. The van der Waals surface area contributed by atoms with Crippen molar-refractivity contribution >= 4 is 11.7 Å². The Balaban J connectivity index is 1.89. The number of hydrogen-bond donors (Lipinski definition) is 3. The fourth-order valence-corrected chi connectivity index (χ4v) is 2.07. The second kappa shape index (κ2) is 7.69. The monoisotopic (exact) mass is 320 g/mol. The molecule has 1 atom stereocenters. The molecule has 23 heavy (non-hydrogen) atoms. The standard InChI is InChI=1S/C17H18F2N2O2/c1-2-11-4-3-5-13(8-11)21-17(23)20-10-16(22)12-6-7-14(18)15(19)9-12/h3-9,16,22H,2,10H2,1H3,(H2,20,21,23)/t16-/m0/s1. The Hall–Kier alpha value is -2.47. The SMILES string of the molecule is CCc1cccc(NC(=O)NC[C@H](O)c2ccc(F)c(F)c2)c1. The van der Waals surface area contributed by atoms with Gasteiger partial charge in [-0.3, -0.25) is 0 Å². The second-order valence-electron chi connectivity index (χ2n) is 5.08. The van der Waals surface area contributed by atoms with Gasteiger partial charge in [-0.2, -0.15) is 0 Å². The summed E-state index contributed by atoms with van der Waals surface area (Å²) in [6, 6.07) is 10.0. The van der Waals surface area contributed by atoms with Crippen LogP contribution in [-0.4, -0.2) is 17.7 Å². The molecule has 0 spiro atoms. The smallest absolute Gasteiger partial charge is 0.319 e. The highest BCUT2D eigenvalue weighted by molar-refractivity contribution is 5.89. The molecular formula is C17H18F2N2O2. The minimum absolute atomic E-state index is 0.121. The normalized spacial score (nSPS) is 11.8. The molecule has 122 valence electrons. The first-order valence-electron chi connectivity index (χ1n) is 7.26. The number of carbonyl (C=O) groups is 1. The molecule has 0 aliphatic rings. The van der Waals surface area contributed by atoms with Crippen LogP contribution >= 0.6 is 0 Å². The van der Waals surface area contributed by atoms with E-state index in [0.717, 1.165) is 24.1 Å². The minimum Gasteiger partial charge on any atom is -0.387 e. The quantitative estimate of drug-likeness (QED) is 0.791. The number of aliphatic hydroxyl groups excluding tert-OH is 1. The van der Waals surface area contributed by atoms with Crippen LogP contribution < -0.4 is 10.6 Å². The van der Waals surface area contributed by atoms with E-state index in [0.29, 0.717) is 5.69 Å². The van der Waals surface area contributed by atoms with Crippen molar-refractivity contribution in [2.75, 3.05) is 11.9 Å². The zero-order valence-electron chi connectivity index (χ0n) is 12.6. The molecule has 0 aromatic heterocycles. The van der Waals surface area contributed by atoms with Gasteiger partial charge in [0.25, 0.3) is 0 Å². The number of benzene rings is 2. The Morgan fingerprint density at radius 1 is 1.17 bits per heavy atom. The molecule has 0 heterocycles. The van der Waals surface area contributed by atoms with E-state index in [1.807, 2.05) is 25.1 Å². The summed E-state index contributed by atoms with van der Waals surface area (Å²) in [4.78, 5) is 11.8. The van der Waals surface area contributed by atoms with Crippen LogP contribution in [-0.2, 0) is 6.42 Å². The van der Waals surface area contributed by atoms with Crippen molar-refractivity contribution < 1.29 is 18.7 Å². The third kappa shape index (κ3) is 4.75. The highest BCUT2D eigenvalue weighted by Crippen LogP contribution is 2.16. The molecule has 2 aromatic carbocycles. The molecule has 2 aromatic rings. The maximum Gasteiger partial charge on any atom is 0.319 e. The van der Waals surface area contributed by atoms with Gasteiger partial charge in [-0.15, -0.1) is 0 Å². The number of hydrogen-bond acceptors (Lipinski definition) is 2. The largest absolute Gasteiger partial charge is 0.387 e. The number of halogens is 2. The van der Waals surface area contributed by atoms with Crippen molar-refractivity contribution in [1.82, 2.24) is 5.32 Å². The molecule has 0 saturated heterocycles. The lowest BCUT2D eigenvalue weighted by atomic mass is 10.1. The zero-order chi connectivity index (χ0) is 16.8. The van der Waals surface area contributed by atoms with E-state index in [-0.39, 0.29) is 12.1 Å². The second-order valence-corrected chi connectivity index (χ2v) is 5.08. The van der Waals surface area contributed by atoms with Crippen molar-refractivity contribution in [1.29, 1.82) is 0 Å². The summed E-state index contributed by atoms with van der Waals surface area (Å²) in [6.07, 6.45) is -0.274. The van der Waals surface area contributed by atoms with E-state index in [1.165, 1.54) is 6.07 Å². The highest BCUT2D eigenvalue weighted by Gasteiger charge is 2.12. The Labute approximate surface area is 133 Å². The van der Waals surface area contributed by atoms with Gasteiger partial charge in [0.15, 0.2) is 11.6 Å². The van der Waals surface area contributed by atoms with Gasteiger partial charge in [-0.05, 0) is 41.8 Å². The number of aliphatic hydroxyl groups is 1. The van der Waals surface area contributed by atoms with Crippen LogP contribution in [0.1, 0.15) is 24.2 Å². The van der Waals surface area contributed by atoms with Gasteiger partial charge in [-0.1, -0.05) is 25.1 Å². The van der Waals surface area contributed by atoms with Crippen molar-refractivity contribution in [2.24, 2.45) is 0 Å². The Kier molecular flexibility index (Phi) is 5.65. The number of nitrogens with one attached hydrogen (secondary N) is 2. The highest BCUT2D eigenvalue weighted by atomic mass is 19.2. The number of carbonyl (C=O) groups excluding carboxylic acids is 1. The third-order valence-corrected chi connectivity index (χ3v) is 3.38. The molecule has 0 saturated carbocycles. The average molecular weight is 320 g/mol. The van der Waals surface area contributed by atoms with Crippen LogP contribution in [0.3, 0.4) is 0 Å². The molecule has 0 fully saturated rings. The Morgan fingerprint density at radius 3 is 2.65 bits per heavy atom. The van der Waals surface area contributed by atoms with Gasteiger partial charge in [-0.25, -0.2) is 13.6 Å². The molecule has 2 amide bonds. The van der Waals surface area contributed by atoms with E-state index in [1.54, 1.807) is 6.07 Å². The summed E-state index contributed by atoms with van der Waals surface area (Å²) in [5.74, 6) is -2.02. The number of urea groups is 1. The van der Waals surface area contributed by atoms with Gasteiger partial charge in [0, 0.05) is 12.2 Å². The maximum atomic E-state index is 13.1. The molecule has 6 heteroatoms. The van der Waals surface area contributed by atoms with Crippen LogP contribution in [0.5, 0.6) is 0 Å². The molecule has 0 aliphatic carbocycles. The Bertz CT molecular complexity index is 692. The van der Waals surface area contributed by atoms with Crippen LogP contribution in [0, 0.1) is 11.6 Å². The van der Waals surface area contributed by atoms with Gasteiger partial charge >= 0.3 is 6.03 Å². The summed E-state index contributed by atoms with van der Waals surface area (Å²) in [5, 5.41) is 15.0. The zero-order valence-corrected chi connectivity index (χ0v) is 12.6. The molecule has 0 bridgehead atoms. The van der Waals surface area contributed by atoms with Crippen LogP contribution in [0.2, 0.25) is 0 Å². The topological polar surface area (TPSA) is 61.4 Å². The molecule has 0 radical (unpaired) electrons. The fraction of sp³-hybridized carbons (Fsp3) is 0.235. The lowest BCUT2D eigenvalue weighted by Gasteiger charge is -2.13. The van der Waals surface area contributed by atoms with Gasteiger partial charge in [0.2, 0.25) is 0 Å². The fourth-order valence-electron chi connectivity index (χ4n) is 2.07. The van der Waals surface area contributed by atoms with Crippen molar-refractivity contribution in [3.63, 3.8) is 0 Å². The predicted octanol–water partition coefficient (Wildman–Crippen LogP) is 3.38. The number of amides is 2. The minimum atomic E-state index is -1.13. The first-order valence-corrected chi connectivity index (χ1v) is 7.26.